The first kappa shape index (κ1) is 6.66. The maximum Gasteiger partial charge on any atom is 0.00443 e. The Bertz CT molecular complexity index is 140. The Morgan fingerprint density at radius 3 is 2.40 bits per heavy atom. The van der Waals surface area contributed by atoms with E-state index in [0.29, 0.717) is 11.5 Å². The van der Waals surface area contributed by atoms with Gasteiger partial charge in [0.1, 0.15) is 0 Å². The van der Waals surface area contributed by atoms with E-state index < -0.39 is 0 Å². The lowest BCUT2D eigenvalue weighted by molar-refractivity contribution is 0.279. The Morgan fingerprint density at radius 2 is 2.00 bits per heavy atom. The molecule has 2 aliphatic carbocycles. The average Bonchev–Trinajstić information content (AvgIpc) is 2.62. The minimum Gasteiger partial charge on any atom is -0.328 e. The molecule has 1 nitrogen and oxygen atoms in total. The van der Waals surface area contributed by atoms with E-state index in [9.17, 15) is 0 Å². The van der Waals surface area contributed by atoms with Crippen LogP contribution < -0.4 is 5.73 Å². The van der Waals surface area contributed by atoms with Gasteiger partial charge in [-0.05, 0) is 43.4 Å². The van der Waals surface area contributed by atoms with Gasteiger partial charge in [0.2, 0.25) is 0 Å². The monoisotopic (exact) mass is 139 g/mol. The van der Waals surface area contributed by atoms with Crippen LogP contribution in [0.25, 0.3) is 0 Å². The molecule has 2 atom stereocenters. The van der Waals surface area contributed by atoms with Crippen molar-refractivity contribution in [3.63, 3.8) is 0 Å². The van der Waals surface area contributed by atoms with Gasteiger partial charge in [-0.2, -0.15) is 0 Å². The first-order chi connectivity index (χ1) is 4.71. The molecular formula is C9H17N. The first-order valence-electron chi connectivity index (χ1n) is 4.46. The smallest absolute Gasteiger partial charge is 0.00443 e. The van der Waals surface area contributed by atoms with Crippen molar-refractivity contribution in [2.45, 2.75) is 45.1 Å². The zero-order chi connectivity index (χ0) is 7.19. The van der Waals surface area contributed by atoms with E-state index >= 15 is 0 Å². The second-order valence-electron chi connectivity index (χ2n) is 4.43. The van der Waals surface area contributed by atoms with Crippen LogP contribution in [-0.4, -0.2) is 6.04 Å². The van der Waals surface area contributed by atoms with E-state index in [-0.39, 0.29) is 0 Å². The highest BCUT2D eigenvalue weighted by Gasteiger charge is 2.45. The molecule has 2 fully saturated rings. The van der Waals surface area contributed by atoms with Crippen LogP contribution in [0.4, 0.5) is 0 Å². The third kappa shape index (κ3) is 0.968. The summed E-state index contributed by atoms with van der Waals surface area (Å²) < 4.78 is 0. The number of hydrogen-bond donors (Lipinski definition) is 1. The molecule has 0 radical (unpaired) electrons. The third-order valence-corrected chi connectivity index (χ3v) is 3.38. The van der Waals surface area contributed by atoms with Gasteiger partial charge in [-0.1, -0.05) is 6.92 Å². The zero-order valence-electron chi connectivity index (χ0n) is 6.77. The van der Waals surface area contributed by atoms with E-state index in [1.807, 2.05) is 0 Å². The molecule has 0 aromatic carbocycles. The Kier molecular flexibility index (Phi) is 1.31. The predicted octanol–water partition coefficient (Wildman–Crippen LogP) is 1.91. The highest BCUT2D eigenvalue weighted by atomic mass is 14.7. The maximum absolute atomic E-state index is 5.88. The van der Waals surface area contributed by atoms with Gasteiger partial charge in [0.15, 0.2) is 0 Å². The van der Waals surface area contributed by atoms with Crippen molar-refractivity contribution in [2.75, 3.05) is 0 Å². The normalized spacial score (nSPS) is 48.0. The summed E-state index contributed by atoms with van der Waals surface area (Å²) in [6.07, 6.45) is 6.90. The van der Waals surface area contributed by atoms with Crippen LogP contribution in [0, 0.1) is 11.3 Å². The van der Waals surface area contributed by atoms with Crippen molar-refractivity contribution in [3.8, 4) is 0 Å². The highest BCUT2D eigenvalue weighted by molar-refractivity contribution is 4.97. The van der Waals surface area contributed by atoms with Crippen LogP contribution >= 0.6 is 0 Å². The molecule has 2 saturated carbocycles. The predicted molar refractivity (Wildman–Crippen MR) is 42.7 cm³/mol. The summed E-state index contributed by atoms with van der Waals surface area (Å²) in [7, 11) is 0. The largest absolute Gasteiger partial charge is 0.328 e. The number of rotatable bonds is 1. The third-order valence-electron chi connectivity index (χ3n) is 3.38. The topological polar surface area (TPSA) is 26.0 Å². The standard InChI is InChI=1S/C9H17N/c1-9(7-2-3-7)5-4-8(10)6-9/h7-8H,2-6,10H2,1H3. The quantitative estimate of drug-likeness (QED) is 0.590. The summed E-state index contributed by atoms with van der Waals surface area (Å²) in [5.74, 6) is 1.04. The maximum atomic E-state index is 5.88. The van der Waals surface area contributed by atoms with Crippen molar-refractivity contribution in [2.24, 2.45) is 17.1 Å². The van der Waals surface area contributed by atoms with Gasteiger partial charge in [-0.25, -0.2) is 0 Å². The van der Waals surface area contributed by atoms with Crippen molar-refractivity contribution < 1.29 is 0 Å². The van der Waals surface area contributed by atoms with Crippen molar-refractivity contribution in [3.05, 3.63) is 0 Å². The zero-order valence-corrected chi connectivity index (χ0v) is 6.77. The highest BCUT2D eigenvalue weighted by Crippen LogP contribution is 2.53. The van der Waals surface area contributed by atoms with E-state index in [2.05, 4.69) is 6.92 Å². The second kappa shape index (κ2) is 1.97. The molecule has 0 heterocycles. The van der Waals surface area contributed by atoms with Crippen LogP contribution in [0.15, 0.2) is 0 Å². The van der Waals surface area contributed by atoms with E-state index in [1.165, 1.54) is 32.1 Å². The second-order valence-corrected chi connectivity index (χ2v) is 4.43. The van der Waals surface area contributed by atoms with Crippen LogP contribution in [0.3, 0.4) is 0 Å². The van der Waals surface area contributed by atoms with Crippen LogP contribution in [-0.2, 0) is 0 Å². The fraction of sp³-hybridized carbons (Fsp3) is 1.00. The minimum absolute atomic E-state index is 0.519. The lowest BCUT2D eigenvalue weighted by Gasteiger charge is -2.22. The molecule has 0 bridgehead atoms. The molecule has 0 saturated heterocycles. The molecular weight excluding hydrogens is 122 g/mol. The number of hydrogen-bond acceptors (Lipinski definition) is 1. The lowest BCUT2D eigenvalue weighted by Crippen LogP contribution is -2.20. The fourth-order valence-electron chi connectivity index (χ4n) is 2.47. The summed E-state index contributed by atoms with van der Waals surface area (Å²) in [6.45, 7) is 2.43. The van der Waals surface area contributed by atoms with E-state index in [1.54, 1.807) is 0 Å². The van der Waals surface area contributed by atoms with E-state index in [0.717, 1.165) is 5.92 Å². The SMILES string of the molecule is CC1(C2CC2)CCC(N)C1. The van der Waals surface area contributed by atoms with Gasteiger partial charge >= 0.3 is 0 Å². The lowest BCUT2D eigenvalue weighted by atomic mass is 9.83. The van der Waals surface area contributed by atoms with Gasteiger partial charge in [0.25, 0.3) is 0 Å². The average molecular weight is 139 g/mol. The molecule has 2 unspecified atom stereocenters. The summed E-state index contributed by atoms with van der Waals surface area (Å²) in [6, 6.07) is 0.519. The van der Waals surface area contributed by atoms with Gasteiger partial charge in [-0.3, -0.25) is 0 Å². The van der Waals surface area contributed by atoms with Crippen LogP contribution in [0.1, 0.15) is 39.0 Å². The summed E-state index contributed by atoms with van der Waals surface area (Å²) in [4.78, 5) is 0. The molecule has 0 aliphatic heterocycles. The van der Waals surface area contributed by atoms with E-state index in [4.69, 9.17) is 5.73 Å². The van der Waals surface area contributed by atoms with Crippen molar-refractivity contribution in [1.82, 2.24) is 0 Å². The molecule has 0 aromatic heterocycles. The minimum atomic E-state index is 0.519. The number of nitrogens with two attached hydrogens (primary N) is 1. The summed E-state index contributed by atoms with van der Waals surface area (Å²) >= 11 is 0. The Hall–Kier alpha value is -0.0400. The summed E-state index contributed by atoms with van der Waals surface area (Å²) in [5.41, 5.74) is 6.53. The molecule has 58 valence electrons. The van der Waals surface area contributed by atoms with Gasteiger partial charge in [-0.15, -0.1) is 0 Å². The van der Waals surface area contributed by atoms with Crippen molar-refractivity contribution >= 4 is 0 Å². The Labute approximate surface area is 63.0 Å². The molecule has 2 N–H and O–H groups in total. The van der Waals surface area contributed by atoms with Crippen LogP contribution in [0.2, 0.25) is 0 Å². The summed E-state index contributed by atoms with van der Waals surface area (Å²) in [5, 5.41) is 0. The van der Waals surface area contributed by atoms with Crippen LogP contribution in [0.5, 0.6) is 0 Å². The molecule has 0 spiro atoms. The molecule has 2 aliphatic rings. The van der Waals surface area contributed by atoms with Gasteiger partial charge in [0, 0.05) is 6.04 Å². The van der Waals surface area contributed by atoms with Crippen molar-refractivity contribution in [1.29, 1.82) is 0 Å². The molecule has 2 rings (SSSR count). The van der Waals surface area contributed by atoms with Gasteiger partial charge < -0.3 is 5.73 Å². The first-order valence-corrected chi connectivity index (χ1v) is 4.46. The van der Waals surface area contributed by atoms with Gasteiger partial charge in [0.05, 0.1) is 0 Å². The Morgan fingerprint density at radius 1 is 1.30 bits per heavy atom. The fourth-order valence-corrected chi connectivity index (χ4v) is 2.47. The molecule has 0 amide bonds. The molecule has 1 heteroatoms. The molecule has 0 aromatic rings. The Balaban J connectivity index is 2.01. The molecule has 10 heavy (non-hydrogen) atoms.